The van der Waals surface area contributed by atoms with Gasteiger partial charge in [0.15, 0.2) is 0 Å². The minimum atomic E-state index is -0.463. The number of hydrogen-bond acceptors (Lipinski definition) is 4. The van der Waals surface area contributed by atoms with E-state index in [2.05, 4.69) is 0 Å². The lowest BCUT2D eigenvalue weighted by atomic mass is 9.91. The molecule has 2 saturated heterocycles. The number of piperazine rings is 1. The summed E-state index contributed by atoms with van der Waals surface area (Å²) in [5.41, 5.74) is 7.14. The molecule has 3 rings (SSSR count). The zero-order chi connectivity index (χ0) is 18.5. The Morgan fingerprint density at radius 1 is 1.07 bits per heavy atom. The number of carbonyl (C=O) groups excluding carboxylic acids is 2. The zero-order valence-electron chi connectivity index (χ0n) is 15.3. The van der Waals surface area contributed by atoms with E-state index >= 15 is 0 Å². The second-order valence-corrected chi connectivity index (χ2v) is 7.42. The van der Waals surface area contributed by atoms with Crippen LogP contribution < -0.4 is 5.73 Å². The van der Waals surface area contributed by atoms with Gasteiger partial charge in [-0.1, -0.05) is 23.7 Å². The molecule has 0 aliphatic carbocycles. The first-order valence-electron chi connectivity index (χ1n) is 9.19. The van der Waals surface area contributed by atoms with Crippen molar-refractivity contribution in [2.45, 2.75) is 25.3 Å². The van der Waals surface area contributed by atoms with Gasteiger partial charge in [0, 0.05) is 44.4 Å². The van der Waals surface area contributed by atoms with Crippen molar-refractivity contribution in [2.24, 2.45) is 11.7 Å². The van der Waals surface area contributed by atoms with Gasteiger partial charge in [-0.15, -0.1) is 12.4 Å². The van der Waals surface area contributed by atoms with Gasteiger partial charge in [0.1, 0.15) is 0 Å². The average molecular weight is 416 g/mol. The fraction of sp³-hybridized carbons (Fsp3) is 0.579. The van der Waals surface area contributed by atoms with Crippen LogP contribution in [0.4, 0.5) is 0 Å². The molecule has 2 N–H and O–H groups in total. The number of nitrogens with zero attached hydrogens (tertiary/aromatic N) is 2. The topological polar surface area (TPSA) is 75.9 Å². The van der Waals surface area contributed by atoms with Crippen molar-refractivity contribution in [2.75, 3.05) is 39.4 Å². The molecule has 2 heterocycles. The molecule has 2 amide bonds. The third-order valence-corrected chi connectivity index (χ3v) is 5.52. The molecule has 2 aliphatic heterocycles. The number of amides is 2. The molecule has 0 bridgehead atoms. The molecule has 0 saturated carbocycles. The minimum absolute atomic E-state index is 0. The molecule has 150 valence electrons. The van der Waals surface area contributed by atoms with Crippen LogP contribution in [0.15, 0.2) is 24.3 Å². The SMILES string of the molecule is Cl.NC(C(=O)N1CCN(C(=O)Cc2ccc(Cl)cc2)CC1)C1CCOCC1. The van der Waals surface area contributed by atoms with E-state index < -0.39 is 6.04 Å². The van der Waals surface area contributed by atoms with Crippen LogP contribution in [0.2, 0.25) is 5.02 Å². The Kier molecular flexibility index (Phi) is 8.35. The fourth-order valence-electron chi connectivity index (χ4n) is 3.55. The van der Waals surface area contributed by atoms with E-state index in [1.54, 1.807) is 17.0 Å². The lowest BCUT2D eigenvalue weighted by molar-refractivity contribution is -0.141. The third-order valence-electron chi connectivity index (χ3n) is 5.27. The third kappa shape index (κ3) is 5.82. The molecule has 0 spiro atoms. The maximum absolute atomic E-state index is 12.6. The normalized spacial score (nSPS) is 19.3. The maximum Gasteiger partial charge on any atom is 0.239 e. The number of hydrogen-bond donors (Lipinski definition) is 1. The van der Waals surface area contributed by atoms with Crippen LogP contribution in [0, 0.1) is 5.92 Å². The lowest BCUT2D eigenvalue weighted by Crippen LogP contribution is -2.56. The number of benzene rings is 1. The largest absolute Gasteiger partial charge is 0.381 e. The number of nitrogens with two attached hydrogens (primary N) is 1. The molecular weight excluding hydrogens is 389 g/mol. The zero-order valence-corrected chi connectivity index (χ0v) is 16.9. The van der Waals surface area contributed by atoms with Crippen molar-refractivity contribution < 1.29 is 14.3 Å². The number of rotatable bonds is 4. The molecule has 1 atom stereocenters. The number of halogens is 2. The fourth-order valence-corrected chi connectivity index (χ4v) is 3.68. The predicted molar refractivity (Wildman–Crippen MR) is 107 cm³/mol. The van der Waals surface area contributed by atoms with Gasteiger partial charge in [-0.25, -0.2) is 0 Å². The predicted octanol–water partition coefficient (Wildman–Crippen LogP) is 1.73. The van der Waals surface area contributed by atoms with Crippen molar-refractivity contribution in [1.29, 1.82) is 0 Å². The molecule has 1 aromatic carbocycles. The molecule has 2 fully saturated rings. The summed E-state index contributed by atoms with van der Waals surface area (Å²) < 4.78 is 5.34. The smallest absolute Gasteiger partial charge is 0.239 e. The molecular formula is C19H27Cl2N3O3. The molecule has 8 heteroatoms. The molecule has 27 heavy (non-hydrogen) atoms. The molecule has 1 aromatic rings. The minimum Gasteiger partial charge on any atom is -0.381 e. The van der Waals surface area contributed by atoms with Crippen LogP contribution >= 0.6 is 24.0 Å². The van der Waals surface area contributed by atoms with Gasteiger partial charge < -0.3 is 20.3 Å². The summed E-state index contributed by atoms with van der Waals surface area (Å²) in [6.07, 6.45) is 2.03. The summed E-state index contributed by atoms with van der Waals surface area (Å²) in [5.74, 6) is 0.274. The van der Waals surface area contributed by atoms with Crippen LogP contribution in [-0.2, 0) is 20.7 Å². The van der Waals surface area contributed by atoms with Crippen molar-refractivity contribution in [3.63, 3.8) is 0 Å². The lowest BCUT2D eigenvalue weighted by Gasteiger charge is -2.37. The van der Waals surface area contributed by atoms with Crippen molar-refractivity contribution in [3.05, 3.63) is 34.9 Å². The van der Waals surface area contributed by atoms with E-state index in [0.717, 1.165) is 18.4 Å². The van der Waals surface area contributed by atoms with E-state index in [4.69, 9.17) is 22.1 Å². The van der Waals surface area contributed by atoms with Gasteiger partial charge in [-0.05, 0) is 36.5 Å². The van der Waals surface area contributed by atoms with Gasteiger partial charge in [-0.3, -0.25) is 9.59 Å². The van der Waals surface area contributed by atoms with Gasteiger partial charge in [-0.2, -0.15) is 0 Å². The van der Waals surface area contributed by atoms with Gasteiger partial charge in [0.25, 0.3) is 0 Å². The summed E-state index contributed by atoms with van der Waals surface area (Å²) in [6, 6.07) is 6.85. The Morgan fingerprint density at radius 2 is 1.63 bits per heavy atom. The van der Waals surface area contributed by atoms with E-state index in [1.807, 2.05) is 17.0 Å². The highest BCUT2D eigenvalue weighted by Crippen LogP contribution is 2.19. The van der Waals surface area contributed by atoms with Crippen LogP contribution in [0.25, 0.3) is 0 Å². The molecule has 0 radical (unpaired) electrons. The Balaban J connectivity index is 0.00000261. The summed E-state index contributed by atoms with van der Waals surface area (Å²) in [4.78, 5) is 28.7. The Bertz CT molecular complexity index is 628. The van der Waals surface area contributed by atoms with Crippen LogP contribution in [0.5, 0.6) is 0 Å². The first-order valence-corrected chi connectivity index (χ1v) is 9.56. The van der Waals surface area contributed by atoms with E-state index in [-0.39, 0.29) is 30.1 Å². The molecule has 2 aliphatic rings. The van der Waals surface area contributed by atoms with Crippen molar-refractivity contribution in [3.8, 4) is 0 Å². The highest BCUT2D eigenvalue weighted by atomic mass is 35.5. The quantitative estimate of drug-likeness (QED) is 0.811. The summed E-state index contributed by atoms with van der Waals surface area (Å²) >= 11 is 5.87. The van der Waals surface area contributed by atoms with E-state index in [1.165, 1.54) is 0 Å². The second-order valence-electron chi connectivity index (χ2n) is 6.98. The summed E-state index contributed by atoms with van der Waals surface area (Å²) in [7, 11) is 0. The second kappa shape index (κ2) is 10.3. The number of ether oxygens (including phenoxy) is 1. The van der Waals surface area contributed by atoms with Crippen LogP contribution in [0.3, 0.4) is 0 Å². The molecule has 1 unspecified atom stereocenters. The van der Waals surface area contributed by atoms with Gasteiger partial charge in [0.2, 0.25) is 11.8 Å². The monoisotopic (exact) mass is 415 g/mol. The van der Waals surface area contributed by atoms with Crippen molar-refractivity contribution >= 4 is 35.8 Å². The van der Waals surface area contributed by atoms with Gasteiger partial charge >= 0.3 is 0 Å². The summed E-state index contributed by atoms with van der Waals surface area (Å²) in [5, 5.41) is 0.661. The van der Waals surface area contributed by atoms with Crippen molar-refractivity contribution in [1.82, 2.24) is 9.80 Å². The summed E-state index contributed by atoms with van der Waals surface area (Å²) in [6.45, 7) is 3.55. The average Bonchev–Trinajstić information content (AvgIpc) is 2.69. The van der Waals surface area contributed by atoms with Crippen LogP contribution in [-0.4, -0.2) is 67.0 Å². The number of carbonyl (C=O) groups is 2. The van der Waals surface area contributed by atoms with E-state index in [0.29, 0.717) is 50.8 Å². The maximum atomic E-state index is 12.6. The highest BCUT2D eigenvalue weighted by molar-refractivity contribution is 6.30. The Morgan fingerprint density at radius 3 is 2.22 bits per heavy atom. The molecule has 6 nitrogen and oxygen atoms in total. The first kappa shape index (κ1) is 22.0. The highest BCUT2D eigenvalue weighted by Gasteiger charge is 2.32. The Labute approximate surface area is 171 Å². The molecule has 0 aromatic heterocycles. The first-order chi connectivity index (χ1) is 12.5. The Hall–Kier alpha value is -1.34. The standard InChI is InChI=1S/C19H26ClN3O3.ClH/c20-16-3-1-14(2-4-16)13-17(24)22-7-9-23(10-8-22)19(25)18(21)15-5-11-26-12-6-15;/h1-4,15,18H,5-13,21H2;1H. The van der Waals surface area contributed by atoms with Crippen LogP contribution in [0.1, 0.15) is 18.4 Å². The van der Waals surface area contributed by atoms with Gasteiger partial charge in [0.05, 0.1) is 12.5 Å². The van der Waals surface area contributed by atoms with E-state index in [9.17, 15) is 9.59 Å².